The zero-order valence-corrected chi connectivity index (χ0v) is 11.5. The van der Waals surface area contributed by atoms with Crippen molar-refractivity contribution in [2.75, 3.05) is 10.6 Å². The Labute approximate surface area is 129 Å². The molecule has 0 saturated heterocycles. The number of nitrogens with one attached hydrogen (secondary N) is 2. The fourth-order valence-corrected chi connectivity index (χ4v) is 1.71. The highest BCUT2D eigenvalue weighted by Crippen LogP contribution is 2.20. The van der Waals surface area contributed by atoms with Gasteiger partial charge in [0.1, 0.15) is 5.75 Å². The Hall–Kier alpha value is -3.23. The molecule has 0 heterocycles. The van der Waals surface area contributed by atoms with Crippen molar-refractivity contribution in [3.05, 3.63) is 58.6 Å². The molecule has 0 saturated carbocycles. The van der Waals surface area contributed by atoms with E-state index < -0.39 is 17.6 Å². The number of carbonyl (C=O) groups excluding carboxylic acids is 1. The number of halogens is 2. The normalized spacial score (nSPS) is 10.2. The second kappa shape index (κ2) is 7.16. The lowest BCUT2D eigenvalue weighted by Crippen LogP contribution is -2.19. The predicted molar refractivity (Wildman–Crippen MR) is 78.8 cm³/mol. The quantitative estimate of drug-likeness (QED) is 0.646. The molecule has 0 spiro atoms. The van der Waals surface area contributed by atoms with Crippen LogP contribution in [0.15, 0.2) is 48.5 Å². The number of non-ortho nitro benzene ring substituents is 1. The van der Waals surface area contributed by atoms with E-state index in [0.717, 1.165) is 0 Å². The van der Waals surface area contributed by atoms with Crippen LogP contribution in [0.25, 0.3) is 0 Å². The number of hydrogen-bond acceptors (Lipinski definition) is 4. The average Bonchev–Trinajstić information content (AvgIpc) is 2.47. The van der Waals surface area contributed by atoms with E-state index in [0.29, 0.717) is 5.69 Å². The van der Waals surface area contributed by atoms with Gasteiger partial charge in [-0.1, -0.05) is 6.07 Å². The van der Waals surface area contributed by atoms with E-state index in [1.807, 2.05) is 0 Å². The van der Waals surface area contributed by atoms with Crippen LogP contribution in [0.3, 0.4) is 0 Å². The van der Waals surface area contributed by atoms with Crippen molar-refractivity contribution in [2.45, 2.75) is 6.61 Å². The molecule has 7 nitrogen and oxygen atoms in total. The summed E-state index contributed by atoms with van der Waals surface area (Å²) in [5.41, 5.74) is 0.489. The fourth-order valence-electron chi connectivity index (χ4n) is 1.71. The maximum Gasteiger partial charge on any atom is 0.387 e. The molecular formula is C14H11F2N3O4. The summed E-state index contributed by atoms with van der Waals surface area (Å²) in [5, 5.41) is 15.4. The minimum absolute atomic E-state index is 0.0897. The zero-order chi connectivity index (χ0) is 16.8. The van der Waals surface area contributed by atoms with Crippen molar-refractivity contribution in [2.24, 2.45) is 0 Å². The summed E-state index contributed by atoms with van der Waals surface area (Å²) < 4.78 is 28.5. The first-order chi connectivity index (χ1) is 10.9. The molecule has 9 heteroatoms. The first-order valence-corrected chi connectivity index (χ1v) is 6.31. The molecule has 2 rings (SSSR count). The number of alkyl halides is 2. The van der Waals surface area contributed by atoms with E-state index in [9.17, 15) is 23.7 Å². The van der Waals surface area contributed by atoms with E-state index >= 15 is 0 Å². The fraction of sp³-hybridized carbons (Fsp3) is 0.0714. The largest absolute Gasteiger partial charge is 0.435 e. The first kappa shape index (κ1) is 16.1. The lowest BCUT2D eigenvalue weighted by atomic mass is 10.3. The maximum absolute atomic E-state index is 12.1. The van der Waals surface area contributed by atoms with Gasteiger partial charge in [0, 0.05) is 29.6 Å². The van der Waals surface area contributed by atoms with E-state index in [1.165, 1.54) is 48.5 Å². The molecule has 2 amide bonds. The van der Waals surface area contributed by atoms with Crippen LogP contribution >= 0.6 is 0 Å². The van der Waals surface area contributed by atoms with Crippen LogP contribution in [-0.4, -0.2) is 17.6 Å². The monoisotopic (exact) mass is 323 g/mol. The zero-order valence-electron chi connectivity index (χ0n) is 11.5. The molecule has 2 N–H and O–H groups in total. The van der Waals surface area contributed by atoms with Gasteiger partial charge in [-0.25, -0.2) is 4.79 Å². The average molecular weight is 323 g/mol. The third-order valence-corrected chi connectivity index (χ3v) is 2.65. The van der Waals surface area contributed by atoms with Crippen LogP contribution in [-0.2, 0) is 0 Å². The number of nitro groups is 1. The number of benzene rings is 2. The summed E-state index contributed by atoms with van der Waals surface area (Å²) in [6.45, 7) is -2.96. The van der Waals surface area contributed by atoms with Crippen molar-refractivity contribution in [1.29, 1.82) is 0 Å². The lowest BCUT2D eigenvalue weighted by Gasteiger charge is -2.09. The molecule has 0 aliphatic heterocycles. The predicted octanol–water partition coefficient (Wildman–Crippen LogP) is 3.84. The van der Waals surface area contributed by atoms with Gasteiger partial charge in [0.15, 0.2) is 0 Å². The van der Waals surface area contributed by atoms with Crippen LogP contribution < -0.4 is 15.4 Å². The summed E-state index contributed by atoms with van der Waals surface area (Å²) in [7, 11) is 0. The number of carbonyl (C=O) groups is 1. The highest BCUT2D eigenvalue weighted by molar-refractivity contribution is 5.99. The van der Waals surface area contributed by atoms with Gasteiger partial charge >= 0.3 is 12.6 Å². The molecule has 0 radical (unpaired) electrons. The van der Waals surface area contributed by atoms with Crippen LogP contribution in [0.2, 0.25) is 0 Å². The number of urea groups is 1. The summed E-state index contributed by atoms with van der Waals surface area (Å²) in [4.78, 5) is 21.8. The van der Waals surface area contributed by atoms with Crippen LogP contribution in [0.1, 0.15) is 0 Å². The Bertz CT molecular complexity index is 707. The highest BCUT2D eigenvalue weighted by Gasteiger charge is 2.08. The summed E-state index contributed by atoms with van der Waals surface area (Å²) >= 11 is 0. The number of nitro benzene ring substituents is 1. The smallest absolute Gasteiger partial charge is 0.387 e. The van der Waals surface area contributed by atoms with Crippen molar-refractivity contribution in [1.82, 2.24) is 0 Å². The summed E-state index contributed by atoms with van der Waals surface area (Å²) in [6, 6.07) is 10.1. The lowest BCUT2D eigenvalue weighted by molar-refractivity contribution is -0.384. The molecule has 2 aromatic rings. The first-order valence-electron chi connectivity index (χ1n) is 6.31. The molecule has 0 aliphatic rings. The van der Waals surface area contributed by atoms with Gasteiger partial charge in [-0.05, 0) is 24.3 Å². The number of rotatable bonds is 5. The SMILES string of the molecule is O=C(Nc1ccc([N+](=O)[O-])cc1)Nc1cccc(OC(F)F)c1. The minimum atomic E-state index is -2.96. The molecule has 0 unspecified atom stereocenters. The van der Waals surface area contributed by atoms with Gasteiger partial charge in [-0.2, -0.15) is 8.78 Å². The van der Waals surface area contributed by atoms with Crippen molar-refractivity contribution in [3.63, 3.8) is 0 Å². The molecule has 2 aromatic carbocycles. The number of amides is 2. The Morgan fingerprint density at radius 2 is 1.74 bits per heavy atom. The van der Waals surface area contributed by atoms with Crippen molar-refractivity contribution in [3.8, 4) is 5.75 Å². The van der Waals surface area contributed by atoms with Gasteiger partial charge in [-0.3, -0.25) is 10.1 Å². The van der Waals surface area contributed by atoms with Gasteiger partial charge in [0.05, 0.1) is 4.92 Å². The Balaban J connectivity index is 1.97. The van der Waals surface area contributed by atoms with E-state index in [2.05, 4.69) is 15.4 Å². The van der Waals surface area contributed by atoms with Gasteiger partial charge < -0.3 is 15.4 Å². The van der Waals surface area contributed by atoms with Crippen LogP contribution in [0.5, 0.6) is 5.75 Å². The molecular weight excluding hydrogens is 312 g/mol. The van der Waals surface area contributed by atoms with E-state index in [1.54, 1.807) is 0 Å². The molecule has 0 aliphatic carbocycles. The Morgan fingerprint density at radius 3 is 2.35 bits per heavy atom. The number of nitrogens with zero attached hydrogens (tertiary/aromatic N) is 1. The van der Waals surface area contributed by atoms with Crippen LogP contribution in [0.4, 0.5) is 30.6 Å². The number of ether oxygens (including phenoxy) is 1. The summed E-state index contributed by atoms with van der Waals surface area (Å²) in [6.07, 6.45) is 0. The summed E-state index contributed by atoms with van der Waals surface area (Å²) in [5.74, 6) is -0.0897. The van der Waals surface area contributed by atoms with Crippen molar-refractivity contribution >= 4 is 23.1 Å². The molecule has 0 atom stereocenters. The highest BCUT2D eigenvalue weighted by atomic mass is 19.3. The number of hydrogen-bond donors (Lipinski definition) is 2. The third kappa shape index (κ3) is 4.92. The molecule has 0 bridgehead atoms. The second-order valence-electron chi connectivity index (χ2n) is 4.29. The van der Waals surface area contributed by atoms with Gasteiger partial charge in [-0.15, -0.1) is 0 Å². The minimum Gasteiger partial charge on any atom is -0.435 e. The standard InChI is InChI=1S/C14H11F2N3O4/c15-13(16)23-12-3-1-2-10(8-12)18-14(20)17-9-4-6-11(7-5-9)19(21)22/h1-8,13H,(H2,17,18,20). The third-order valence-electron chi connectivity index (χ3n) is 2.65. The topological polar surface area (TPSA) is 93.5 Å². The second-order valence-corrected chi connectivity index (χ2v) is 4.29. The van der Waals surface area contributed by atoms with Crippen LogP contribution in [0, 0.1) is 10.1 Å². The maximum atomic E-state index is 12.1. The molecule has 0 aromatic heterocycles. The van der Waals surface area contributed by atoms with Crippen molar-refractivity contribution < 1.29 is 23.2 Å². The Kier molecular flexibility index (Phi) is 5.03. The van der Waals surface area contributed by atoms with Gasteiger partial charge in [0.25, 0.3) is 5.69 Å². The van der Waals surface area contributed by atoms with E-state index in [4.69, 9.17) is 0 Å². The number of anilines is 2. The molecule has 0 fully saturated rings. The van der Waals surface area contributed by atoms with E-state index in [-0.39, 0.29) is 17.1 Å². The Morgan fingerprint density at radius 1 is 1.09 bits per heavy atom. The molecule has 23 heavy (non-hydrogen) atoms. The molecule has 120 valence electrons. The van der Waals surface area contributed by atoms with Gasteiger partial charge in [0.2, 0.25) is 0 Å².